The fourth-order valence-corrected chi connectivity index (χ4v) is 3.02. The molecule has 1 saturated heterocycles. The molecule has 21 heavy (non-hydrogen) atoms. The lowest BCUT2D eigenvalue weighted by atomic mass is 10.2. The molecule has 1 amide bonds. The molecule has 0 aliphatic carbocycles. The second-order valence-electron chi connectivity index (χ2n) is 4.82. The number of benzene rings is 1. The molecule has 0 spiro atoms. The standard InChI is InChI=1S/C15H22N2O2S.ClH/c18-15(10-14-12-20-9-7-16-14)17-6-8-19-11-13-4-2-1-3-5-13;/h1-5,14,16H,6-12H2,(H,17,18);1H. The molecule has 0 bridgehead atoms. The maximum atomic E-state index is 11.7. The van der Waals surface area contributed by atoms with Gasteiger partial charge in [0.2, 0.25) is 5.91 Å². The molecule has 0 saturated carbocycles. The summed E-state index contributed by atoms with van der Waals surface area (Å²) >= 11 is 1.91. The number of carbonyl (C=O) groups excluding carboxylic acids is 1. The van der Waals surface area contributed by atoms with Gasteiger partial charge in [0, 0.05) is 37.1 Å². The highest BCUT2D eigenvalue weighted by atomic mass is 35.5. The molecule has 1 heterocycles. The molecule has 1 aromatic rings. The molecule has 4 nitrogen and oxygen atoms in total. The van der Waals surface area contributed by atoms with Gasteiger partial charge in [0.25, 0.3) is 0 Å². The minimum Gasteiger partial charge on any atom is -0.375 e. The Hall–Kier alpha value is -0.750. The molecule has 1 atom stereocenters. The zero-order chi connectivity index (χ0) is 14.0. The summed E-state index contributed by atoms with van der Waals surface area (Å²) in [7, 11) is 0. The average Bonchev–Trinajstić information content (AvgIpc) is 2.49. The van der Waals surface area contributed by atoms with Gasteiger partial charge in [-0.3, -0.25) is 4.79 Å². The van der Waals surface area contributed by atoms with Crippen LogP contribution in [0.4, 0.5) is 0 Å². The number of nitrogens with one attached hydrogen (secondary N) is 2. The Balaban J connectivity index is 0.00000220. The largest absolute Gasteiger partial charge is 0.375 e. The van der Waals surface area contributed by atoms with Crippen LogP contribution < -0.4 is 10.6 Å². The van der Waals surface area contributed by atoms with Gasteiger partial charge in [-0.2, -0.15) is 11.8 Å². The number of thioether (sulfide) groups is 1. The van der Waals surface area contributed by atoms with Crippen molar-refractivity contribution < 1.29 is 9.53 Å². The lowest BCUT2D eigenvalue weighted by Gasteiger charge is -2.22. The van der Waals surface area contributed by atoms with Crippen molar-refractivity contribution >= 4 is 30.1 Å². The second-order valence-corrected chi connectivity index (χ2v) is 5.97. The van der Waals surface area contributed by atoms with Crippen LogP contribution in [0, 0.1) is 0 Å². The van der Waals surface area contributed by atoms with Gasteiger partial charge in [-0.15, -0.1) is 12.4 Å². The minimum atomic E-state index is 0. The van der Waals surface area contributed by atoms with Gasteiger partial charge in [0.1, 0.15) is 0 Å². The van der Waals surface area contributed by atoms with Crippen LogP contribution in [0.2, 0.25) is 0 Å². The molecule has 2 rings (SSSR count). The van der Waals surface area contributed by atoms with E-state index in [0.717, 1.165) is 23.6 Å². The minimum absolute atomic E-state index is 0. The molecule has 0 aromatic heterocycles. The van der Waals surface area contributed by atoms with Gasteiger partial charge in [0.15, 0.2) is 0 Å². The third-order valence-electron chi connectivity index (χ3n) is 3.11. The number of ether oxygens (including phenoxy) is 1. The van der Waals surface area contributed by atoms with Crippen LogP contribution in [0.25, 0.3) is 0 Å². The van der Waals surface area contributed by atoms with E-state index in [4.69, 9.17) is 4.74 Å². The number of rotatable bonds is 7. The fraction of sp³-hybridized carbons (Fsp3) is 0.533. The van der Waals surface area contributed by atoms with Gasteiger partial charge in [0.05, 0.1) is 13.2 Å². The van der Waals surface area contributed by atoms with E-state index in [1.165, 1.54) is 0 Å². The molecule has 118 valence electrons. The zero-order valence-corrected chi connectivity index (χ0v) is 13.7. The smallest absolute Gasteiger partial charge is 0.221 e. The molecule has 1 aromatic carbocycles. The second kappa shape index (κ2) is 10.9. The molecule has 0 radical (unpaired) electrons. The third kappa shape index (κ3) is 7.71. The number of carbonyl (C=O) groups is 1. The first-order valence-corrected chi connectivity index (χ1v) is 8.19. The SMILES string of the molecule is Cl.O=C(CC1CSCCN1)NCCOCc1ccccc1. The van der Waals surface area contributed by atoms with E-state index in [1.807, 2.05) is 42.1 Å². The van der Waals surface area contributed by atoms with Crippen LogP contribution in [0.3, 0.4) is 0 Å². The molecule has 2 N–H and O–H groups in total. The van der Waals surface area contributed by atoms with Gasteiger partial charge in [-0.25, -0.2) is 0 Å². The quantitative estimate of drug-likeness (QED) is 0.749. The maximum absolute atomic E-state index is 11.7. The summed E-state index contributed by atoms with van der Waals surface area (Å²) < 4.78 is 5.53. The van der Waals surface area contributed by atoms with Crippen LogP contribution in [0.5, 0.6) is 0 Å². The van der Waals surface area contributed by atoms with Crippen molar-refractivity contribution in [1.29, 1.82) is 0 Å². The Kier molecular flexibility index (Phi) is 9.50. The monoisotopic (exact) mass is 330 g/mol. The average molecular weight is 331 g/mol. The summed E-state index contributed by atoms with van der Waals surface area (Å²) in [6.45, 7) is 2.72. The van der Waals surface area contributed by atoms with E-state index >= 15 is 0 Å². The molecule has 1 fully saturated rings. The van der Waals surface area contributed by atoms with Gasteiger partial charge in [-0.05, 0) is 5.56 Å². The highest BCUT2D eigenvalue weighted by Gasteiger charge is 2.16. The summed E-state index contributed by atoms with van der Waals surface area (Å²) in [4.78, 5) is 11.7. The zero-order valence-electron chi connectivity index (χ0n) is 12.0. The highest BCUT2D eigenvalue weighted by molar-refractivity contribution is 7.99. The lowest BCUT2D eigenvalue weighted by Crippen LogP contribution is -2.41. The Morgan fingerprint density at radius 3 is 2.90 bits per heavy atom. The first-order valence-electron chi connectivity index (χ1n) is 7.04. The topological polar surface area (TPSA) is 50.4 Å². The third-order valence-corrected chi connectivity index (χ3v) is 4.24. The van der Waals surface area contributed by atoms with E-state index in [1.54, 1.807) is 0 Å². The molecule has 1 aliphatic heterocycles. The van der Waals surface area contributed by atoms with Gasteiger partial charge >= 0.3 is 0 Å². The Morgan fingerprint density at radius 1 is 1.38 bits per heavy atom. The molecule has 6 heteroatoms. The van der Waals surface area contributed by atoms with E-state index < -0.39 is 0 Å². The van der Waals surface area contributed by atoms with Crippen LogP contribution in [-0.4, -0.2) is 43.2 Å². The lowest BCUT2D eigenvalue weighted by molar-refractivity contribution is -0.121. The summed E-state index contributed by atoms with van der Waals surface area (Å²) in [6, 6.07) is 10.4. The Morgan fingerprint density at radius 2 is 2.19 bits per heavy atom. The van der Waals surface area contributed by atoms with Crippen molar-refractivity contribution in [2.45, 2.75) is 19.1 Å². The van der Waals surface area contributed by atoms with Crippen molar-refractivity contribution in [3.8, 4) is 0 Å². The number of halogens is 1. The molecule has 1 unspecified atom stereocenters. The van der Waals surface area contributed by atoms with Crippen molar-refractivity contribution in [2.75, 3.05) is 31.2 Å². The predicted octanol–water partition coefficient (Wildman–Crippen LogP) is 1.84. The predicted molar refractivity (Wildman–Crippen MR) is 90.1 cm³/mol. The summed E-state index contributed by atoms with van der Waals surface area (Å²) in [5.74, 6) is 2.27. The molecular formula is C15H23ClN2O2S. The van der Waals surface area contributed by atoms with Crippen molar-refractivity contribution in [2.24, 2.45) is 0 Å². The van der Waals surface area contributed by atoms with Crippen molar-refractivity contribution in [3.63, 3.8) is 0 Å². The number of hydrogen-bond donors (Lipinski definition) is 2. The summed E-state index contributed by atoms with van der Waals surface area (Å²) in [5.41, 5.74) is 1.15. The Bertz CT molecular complexity index is 400. The first-order chi connectivity index (χ1) is 9.84. The van der Waals surface area contributed by atoms with E-state index in [-0.39, 0.29) is 18.3 Å². The van der Waals surface area contributed by atoms with Gasteiger partial charge in [-0.1, -0.05) is 30.3 Å². The van der Waals surface area contributed by atoms with Crippen LogP contribution in [0.15, 0.2) is 30.3 Å². The van der Waals surface area contributed by atoms with Gasteiger partial charge < -0.3 is 15.4 Å². The highest BCUT2D eigenvalue weighted by Crippen LogP contribution is 2.09. The Labute approximate surface area is 136 Å². The maximum Gasteiger partial charge on any atom is 0.221 e. The normalized spacial score (nSPS) is 17.8. The van der Waals surface area contributed by atoms with Crippen LogP contribution in [0.1, 0.15) is 12.0 Å². The van der Waals surface area contributed by atoms with E-state index in [2.05, 4.69) is 10.6 Å². The van der Waals surface area contributed by atoms with E-state index in [0.29, 0.717) is 32.2 Å². The number of amides is 1. The molecular weight excluding hydrogens is 308 g/mol. The van der Waals surface area contributed by atoms with Crippen molar-refractivity contribution in [3.05, 3.63) is 35.9 Å². The molecule has 1 aliphatic rings. The number of hydrogen-bond acceptors (Lipinski definition) is 4. The fourth-order valence-electron chi connectivity index (χ4n) is 2.07. The summed E-state index contributed by atoms with van der Waals surface area (Å²) in [5, 5.41) is 6.26. The van der Waals surface area contributed by atoms with Crippen molar-refractivity contribution in [1.82, 2.24) is 10.6 Å². The van der Waals surface area contributed by atoms with E-state index in [9.17, 15) is 4.79 Å². The van der Waals surface area contributed by atoms with Crippen LogP contribution >= 0.6 is 24.2 Å². The first kappa shape index (κ1) is 18.3. The summed E-state index contributed by atoms with van der Waals surface area (Å²) in [6.07, 6.45) is 0.561. The van der Waals surface area contributed by atoms with Crippen LogP contribution in [-0.2, 0) is 16.1 Å².